The van der Waals surface area contributed by atoms with E-state index < -0.39 is 5.60 Å². The number of nitrogens with zero attached hydrogens (tertiary/aromatic N) is 3. The molecule has 1 fully saturated rings. The van der Waals surface area contributed by atoms with E-state index in [0.29, 0.717) is 12.5 Å². The van der Waals surface area contributed by atoms with Crippen LogP contribution in [0.3, 0.4) is 0 Å². The molecule has 1 aromatic rings. The molecule has 5 nitrogen and oxygen atoms in total. The maximum Gasteiger partial charge on any atom is 0.137 e. The van der Waals surface area contributed by atoms with Crippen LogP contribution in [0.2, 0.25) is 0 Å². The molecule has 0 saturated heterocycles. The van der Waals surface area contributed by atoms with Crippen LogP contribution < -0.4 is 10.2 Å². The molecule has 1 aliphatic rings. The van der Waals surface area contributed by atoms with E-state index in [1.54, 1.807) is 0 Å². The predicted octanol–water partition coefficient (Wildman–Crippen LogP) is 2.30. The molecule has 0 unspecified atom stereocenters. The Labute approximate surface area is 121 Å². The third-order valence-electron chi connectivity index (χ3n) is 3.41. The third kappa shape index (κ3) is 3.60. The summed E-state index contributed by atoms with van der Waals surface area (Å²) in [6, 6.07) is 0. The molecule has 5 heteroatoms. The third-order valence-corrected chi connectivity index (χ3v) is 3.41. The van der Waals surface area contributed by atoms with Crippen LogP contribution in [0.5, 0.6) is 0 Å². The van der Waals surface area contributed by atoms with Gasteiger partial charge in [-0.3, -0.25) is 0 Å². The fourth-order valence-electron chi connectivity index (χ4n) is 2.41. The second-order valence-corrected chi connectivity index (χ2v) is 6.35. The fourth-order valence-corrected chi connectivity index (χ4v) is 2.41. The molecule has 1 aliphatic carbocycles. The molecule has 0 spiro atoms. The highest BCUT2D eigenvalue weighted by Crippen LogP contribution is 2.40. The lowest BCUT2D eigenvalue weighted by Crippen LogP contribution is -2.37. The van der Waals surface area contributed by atoms with Gasteiger partial charge in [0.25, 0.3) is 0 Å². The minimum atomic E-state index is -0.746. The number of hydrogen-bond acceptors (Lipinski definition) is 5. The zero-order chi connectivity index (χ0) is 14.9. The Morgan fingerprint density at radius 3 is 2.50 bits per heavy atom. The number of rotatable bonds is 6. The van der Waals surface area contributed by atoms with Crippen molar-refractivity contribution < 1.29 is 5.11 Å². The summed E-state index contributed by atoms with van der Waals surface area (Å²) in [6.45, 7) is 9.11. The molecule has 0 aliphatic heterocycles. The van der Waals surface area contributed by atoms with E-state index in [0.717, 1.165) is 29.6 Å². The Kier molecular flexibility index (Phi) is 4.18. The summed E-state index contributed by atoms with van der Waals surface area (Å²) < 4.78 is 0. The van der Waals surface area contributed by atoms with Crippen molar-refractivity contribution in [2.45, 2.75) is 52.1 Å². The van der Waals surface area contributed by atoms with Crippen molar-refractivity contribution in [3.05, 3.63) is 11.4 Å². The summed E-state index contributed by atoms with van der Waals surface area (Å²) in [7, 11) is 1.97. The lowest BCUT2D eigenvalue weighted by atomic mass is 10.1. The van der Waals surface area contributed by atoms with E-state index in [1.165, 1.54) is 12.8 Å². The second kappa shape index (κ2) is 5.56. The molecule has 20 heavy (non-hydrogen) atoms. The van der Waals surface area contributed by atoms with Gasteiger partial charge in [0, 0.05) is 31.6 Å². The second-order valence-electron chi connectivity index (χ2n) is 6.35. The van der Waals surface area contributed by atoms with Gasteiger partial charge in [-0.15, -0.1) is 0 Å². The summed E-state index contributed by atoms with van der Waals surface area (Å²) in [5.41, 5.74) is 0.299. The van der Waals surface area contributed by atoms with Gasteiger partial charge in [0.2, 0.25) is 0 Å². The molecule has 0 bridgehead atoms. The van der Waals surface area contributed by atoms with Crippen molar-refractivity contribution in [1.29, 1.82) is 0 Å². The maximum atomic E-state index is 10.0. The van der Waals surface area contributed by atoms with E-state index in [4.69, 9.17) is 4.98 Å². The van der Waals surface area contributed by atoms with Crippen LogP contribution in [0.1, 0.15) is 50.9 Å². The normalized spacial score (nSPS) is 15.3. The molecule has 0 aromatic carbocycles. The first kappa shape index (κ1) is 15.0. The van der Waals surface area contributed by atoms with E-state index in [2.05, 4.69) is 17.2 Å². The smallest absolute Gasteiger partial charge is 0.137 e. The molecule has 1 aromatic heterocycles. The summed E-state index contributed by atoms with van der Waals surface area (Å²) >= 11 is 0. The fraction of sp³-hybridized carbons (Fsp3) is 0.733. The average Bonchev–Trinajstić information content (AvgIpc) is 3.13. The molecule has 0 atom stereocenters. The average molecular weight is 278 g/mol. The number of nitrogens with one attached hydrogen (secondary N) is 1. The highest BCUT2D eigenvalue weighted by molar-refractivity contribution is 5.58. The van der Waals surface area contributed by atoms with Crippen molar-refractivity contribution in [3.8, 4) is 0 Å². The minimum Gasteiger partial charge on any atom is -0.389 e. The number of aromatic nitrogens is 2. The first-order valence-electron chi connectivity index (χ1n) is 7.37. The first-order chi connectivity index (χ1) is 9.31. The van der Waals surface area contributed by atoms with Gasteiger partial charge < -0.3 is 15.3 Å². The number of hydrogen-bond donors (Lipinski definition) is 2. The predicted molar refractivity (Wildman–Crippen MR) is 82.5 cm³/mol. The Balaban J connectivity index is 2.34. The van der Waals surface area contributed by atoms with Gasteiger partial charge in [0.1, 0.15) is 17.5 Å². The molecule has 0 amide bonds. The summed E-state index contributed by atoms with van der Waals surface area (Å²) in [5, 5.41) is 13.3. The van der Waals surface area contributed by atoms with Crippen LogP contribution in [0, 0.1) is 6.92 Å². The lowest BCUT2D eigenvalue weighted by Gasteiger charge is -2.28. The highest BCUT2D eigenvalue weighted by atomic mass is 16.3. The first-order valence-corrected chi connectivity index (χ1v) is 7.37. The van der Waals surface area contributed by atoms with Crippen molar-refractivity contribution in [2.75, 3.05) is 30.4 Å². The van der Waals surface area contributed by atoms with Crippen molar-refractivity contribution in [2.24, 2.45) is 0 Å². The molecule has 2 rings (SSSR count). The summed E-state index contributed by atoms with van der Waals surface area (Å²) in [4.78, 5) is 11.4. The van der Waals surface area contributed by atoms with Crippen LogP contribution >= 0.6 is 0 Å². The van der Waals surface area contributed by atoms with Gasteiger partial charge in [-0.2, -0.15) is 0 Å². The van der Waals surface area contributed by atoms with Crippen LogP contribution in [0.15, 0.2) is 0 Å². The number of aliphatic hydroxyl groups is 1. The number of anilines is 2. The van der Waals surface area contributed by atoms with Gasteiger partial charge >= 0.3 is 0 Å². The maximum absolute atomic E-state index is 10.0. The topological polar surface area (TPSA) is 61.3 Å². The van der Waals surface area contributed by atoms with E-state index in [-0.39, 0.29) is 0 Å². The monoisotopic (exact) mass is 278 g/mol. The van der Waals surface area contributed by atoms with Gasteiger partial charge in [-0.05, 0) is 40.5 Å². The molecule has 0 radical (unpaired) electrons. The molecule has 1 heterocycles. The Morgan fingerprint density at radius 2 is 2.00 bits per heavy atom. The Morgan fingerprint density at radius 1 is 1.35 bits per heavy atom. The Bertz CT molecular complexity index is 477. The van der Waals surface area contributed by atoms with E-state index in [1.807, 2.05) is 32.7 Å². The van der Waals surface area contributed by atoms with E-state index in [9.17, 15) is 5.11 Å². The zero-order valence-corrected chi connectivity index (χ0v) is 13.2. The largest absolute Gasteiger partial charge is 0.389 e. The molecule has 2 N–H and O–H groups in total. The SMILES string of the molecule is CCNc1nc(C2CC2)nc(N(C)CC(C)(C)O)c1C. The van der Waals surface area contributed by atoms with Gasteiger partial charge in [0.15, 0.2) is 0 Å². The molecule has 1 saturated carbocycles. The quantitative estimate of drug-likeness (QED) is 0.836. The van der Waals surface area contributed by atoms with Crippen LogP contribution in [0.25, 0.3) is 0 Å². The Hall–Kier alpha value is -1.36. The van der Waals surface area contributed by atoms with Crippen molar-refractivity contribution in [1.82, 2.24) is 9.97 Å². The molecule has 112 valence electrons. The highest BCUT2D eigenvalue weighted by Gasteiger charge is 2.29. The van der Waals surface area contributed by atoms with Crippen molar-refractivity contribution in [3.63, 3.8) is 0 Å². The van der Waals surface area contributed by atoms with Crippen LogP contribution in [-0.4, -0.2) is 40.8 Å². The summed E-state index contributed by atoms with van der Waals surface area (Å²) in [6.07, 6.45) is 2.37. The number of likely N-dealkylation sites (N-methyl/N-ethyl adjacent to an activating group) is 1. The van der Waals surface area contributed by atoms with E-state index >= 15 is 0 Å². The van der Waals surface area contributed by atoms with Gasteiger partial charge in [-0.1, -0.05) is 0 Å². The lowest BCUT2D eigenvalue weighted by molar-refractivity contribution is 0.0884. The standard InChI is InChI=1S/C15H26N4O/c1-6-16-12-10(2)14(19(5)9-15(3,4)20)18-13(17-12)11-7-8-11/h11,20H,6-9H2,1-5H3,(H,16,17,18). The molecular weight excluding hydrogens is 252 g/mol. The van der Waals surface area contributed by atoms with Crippen LogP contribution in [0.4, 0.5) is 11.6 Å². The summed E-state index contributed by atoms with van der Waals surface area (Å²) in [5.74, 6) is 3.29. The van der Waals surface area contributed by atoms with Crippen LogP contribution in [-0.2, 0) is 0 Å². The molecular formula is C15H26N4O. The minimum absolute atomic E-state index is 0.516. The van der Waals surface area contributed by atoms with Crippen molar-refractivity contribution >= 4 is 11.6 Å². The van der Waals surface area contributed by atoms with Gasteiger partial charge in [0.05, 0.1) is 5.60 Å². The zero-order valence-electron chi connectivity index (χ0n) is 13.2. The van der Waals surface area contributed by atoms with Gasteiger partial charge in [-0.25, -0.2) is 9.97 Å².